The number of ether oxygens (including phenoxy) is 2. The second-order valence-corrected chi connectivity index (χ2v) is 16.2. The van der Waals surface area contributed by atoms with Gasteiger partial charge < -0.3 is 19.7 Å². The van der Waals surface area contributed by atoms with Crippen molar-refractivity contribution in [3.8, 4) is 0 Å². The van der Waals surface area contributed by atoms with Crippen LogP contribution < -0.4 is 5.32 Å². The van der Waals surface area contributed by atoms with Crippen LogP contribution in [0.15, 0.2) is 24.3 Å². The first-order chi connectivity index (χ1) is 26.7. The second kappa shape index (κ2) is 40.2. The normalized spacial score (nSPS) is 13.3. The van der Waals surface area contributed by atoms with E-state index in [0.29, 0.717) is 12.8 Å². The molecule has 0 bridgehead atoms. The molecule has 0 aromatic rings. The second-order valence-electron chi connectivity index (χ2n) is 14.8. The number of allylic oxidation sites excluding steroid dienone is 4. The number of nitrogens with one attached hydrogen (secondary N) is 1. The number of unbranched alkanes of at least 4 members (excludes halogenated alkanes) is 22. The number of carbonyl (C=O) groups excluding carboxylic acids is 3. The zero-order valence-electron chi connectivity index (χ0n) is 35.4. The van der Waals surface area contributed by atoms with Crippen molar-refractivity contribution in [1.29, 1.82) is 0 Å². The van der Waals surface area contributed by atoms with Gasteiger partial charge in [0.1, 0.15) is 6.61 Å². The van der Waals surface area contributed by atoms with Crippen molar-refractivity contribution in [3.05, 3.63) is 24.3 Å². The van der Waals surface area contributed by atoms with Gasteiger partial charge in [-0.1, -0.05) is 148 Å². The van der Waals surface area contributed by atoms with E-state index in [4.69, 9.17) is 18.5 Å². The average Bonchev–Trinajstić information content (AvgIpc) is 3.17. The molecule has 11 heteroatoms. The van der Waals surface area contributed by atoms with E-state index in [2.05, 4.69) is 43.5 Å². The molecular weight excluding hydrogens is 717 g/mol. The maximum atomic E-state index is 12.7. The third kappa shape index (κ3) is 40.0. The third-order valence-electron chi connectivity index (χ3n) is 9.44. The van der Waals surface area contributed by atoms with Crippen LogP contribution in [0.4, 0.5) is 0 Å². The lowest BCUT2D eigenvalue weighted by atomic mass is 10.1. The highest BCUT2D eigenvalue weighted by Crippen LogP contribution is 2.43. The molecule has 0 fully saturated rings. The quantitative estimate of drug-likeness (QED) is 0.0268. The largest absolute Gasteiger partial charge is 0.472 e. The zero-order chi connectivity index (χ0) is 40.5. The number of amides is 1. The van der Waals surface area contributed by atoms with E-state index >= 15 is 0 Å². The Labute approximate surface area is 336 Å². The topological polar surface area (TPSA) is 137 Å². The van der Waals surface area contributed by atoms with E-state index in [1.54, 1.807) is 6.92 Å². The minimum Gasteiger partial charge on any atom is -0.462 e. The number of phosphoric acid groups is 1. The maximum Gasteiger partial charge on any atom is 0.472 e. The molecule has 0 aliphatic carbocycles. The number of esters is 2. The lowest BCUT2D eigenvalue weighted by molar-refractivity contribution is -0.161. The fraction of sp³-hybridized carbons (Fsp3) is 0.841. The van der Waals surface area contributed by atoms with Gasteiger partial charge in [0.2, 0.25) is 5.91 Å². The van der Waals surface area contributed by atoms with Gasteiger partial charge in [0, 0.05) is 25.8 Å². The van der Waals surface area contributed by atoms with Gasteiger partial charge in [0.05, 0.1) is 13.2 Å². The Morgan fingerprint density at radius 1 is 0.564 bits per heavy atom. The zero-order valence-corrected chi connectivity index (χ0v) is 36.3. The van der Waals surface area contributed by atoms with Gasteiger partial charge in [-0.25, -0.2) is 4.57 Å². The molecule has 1 amide bonds. The number of phosphoric ester groups is 1. The highest BCUT2D eigenvalue weighted by Gasteiger charge is 2.26. The molecular formula is C44H82NO9P. The standard InChI is InChI=1S/C44H82NO9P/c1-4-7-9-11-13-15-17-19-21-23-25-27-29-31-33-35-43(47)51-39-41(40-53-55(49,50)52-38-37-45-42(46)6-3)54-44(48)36-34-32-30-28-26-24-22-20-18-16-14-12-10-8-5-2/h19-22,41H,4-18,23-40H2,1-3H3,(H,45,46)(H,49,50)/t41-/m1/s1. The fourth-order valence-electron chi connectivity index (χ4n) is 5.99. The molecule has 0 saturated carbocycles. The van der Waals surface area contributed by atoms with Gasteiger partial charge >= 0.3 is 19.8 Å². The van der Waals surface area contributed by atoms with Crippen LogP contribution in [0.25, 0.3) is 0 Å². The summed E-state index contributed by atoms with van der Waals surface area (Å²) in [4.78, 5) is 46.6. The minimum absolute atomic E-state index is 0.0446. The summed E-state index contributed by atoms with van der Waals surface area (Å²) in [6, 6.07) is 0. The summed E-state index contributed by atoms with van der Waals surface area (Å²) in [6.07, 6.45) is 39.1. The molecule has 0 spiro atoms. The van der Waals surface area contributed by atoms with E-state index in [1.807, 2.05) is 0 Å². The lowest BCUT2D eigenvalue weighted by Crippen LogP contribution is -2.30. The molecule has 1 unspecified atom stereocenters. The predicted molar refractivity (Wildman–Crippen MR) is 225 cm³/mol. The molecule has 2 N–H and O–H groups in total. The molecule has 2 atom stereocenters. The van der Waals surface area contributed by atoms with Crippen LogP contribution >= 0.6 is 7.82 Å². The van der Waals surface area contributed by atoms with E-state index in [1.165, 1.54) is 89.9 Å². The Morgan fingerprint density at radius 2 is 0.982 bits per heavy atom. The van der Waals surface area contributed by atoms with E-state index < -0.39 is 32.5 Å². The van der Waals surface area contributed by atoms with Crippen molar-refractivity contribution < 1.29 is 42.4 Å². The molecule has 0 saturated heterocycles. The molecule has 0 radical (unpaired) electrons. The van der Waals surface area contributed by atoms with Crippen LogP contribution in [0, 0.1) is 0 Å². The number of rotatable bonds is 41. The highest BCUT2D eigenvalue weighted by atomic mass is 31.2. The molecule has 0 aliphatic rings. The molecule has 55 heavy (non-hydrogen) atoms. The average molecular weight is 800 g/mol. The van der Waals surface area contributed by atoms with Gasteiger partial charge in [0.25, 0.3) is 0 Å². The summed E-state index contributed by atoms with van der Waals surface area (Å²) in [7, 11) is -4.50. The Morgan fingerprint density at radius 3 is 1.44 bits per heavy atom. The van der Waals surface area contributed by atoms with Crippen LogP contribution in [0.5, 0.6) is 0 Å². The summed E-state index contributed by atoms with van der Waals surface area (Å²) in [5.41, 5.74) is 0. The maximum absolute atomic E-state index is 12.7. The van der Waals surface area contributed by atoms with Crippen molar-refractivity contribution in [2.75, 3.05) is 26.4 Å². The van der Waals surface area contributed by atoms with Gasteiger partial charge in [-0.05, 0) is 64.2 Å². The third-order valence-corrected chi connectivity index (χ3v) is 10.4. The first kappa shape index (κ1) is 53.0. The first-order valence-electron chi connectivity index (χ1n) is 22.3. The summed E-state index contributed by atoms with van der Waals surface area (Å²) in [5.74, 6) is -1.10. The van der Waals surface area contributed by atoms with Gasteiger partial charge in [-0.15, -0.1) is 0 Å². The molecule has 0 aliphatic heterocycles. The first-order valence-corrected chi connectivity index (χ1v) is 23.8. The molecule has 0 heterocycles. The Bertz CT molecular complexity index is 1020. The van der Waals surface area contributed by atoms with E-state index in [0.717, 1.165) is 64.2 Å². The fourth-order valence-corrected chi connectivity index (χ4v) is 6.74. The van der Waals surface area contributed by atoms with Gasteiger partial charge in [0.15, 0.2) is 6.10 Å². The Hall–Kier alpha value is -2.00. The van der Waals surface area contributed by atoms with Crippen LogP contribution in [0.2, 0.25) is 0 Å². The summed E-state index contributed by atoms with van der Waals surface area (Å²) in [6.45, 7) is 5.23. The molecule has 0 aromatic heterocycles. The van der Waals surface area contributed by atoms with Crippen molar-refractivity contribution in [2.24, 2.45) is 0 Å². The molecule has 0 aromatic carbocycles. The Kier molecular flexibility index (Phi) is 38.7. The molecule has 0 rings (SSSR count). The van der Waals surface area contributed by atoms with Crippen LogP contribution in [-0.4, -0.2) is 55.2 Å². The van der Waals surface area contributed by atoms with Crippen LogP contribution in [0.3, 0.4) is 0 Å². The van der Waals surface area contributed by atoms with Gasteiger partial charge in [-0.2, -0.15) is 0 Å². The van der Waals surface area contributed by atoms with E-state index in [-0.39, 0.29) is 44.9 Å². The summed E-state index contributed by atoms with van der Waals surface area (Å²) in [5, 5.41) is 2.55. The van der Waals surface area contributed by atoms with Crippen LogP contribution in [0.1, 0.15) is 207 Å². The minimum atomic E-state index is -4.50. The van der Waals surface area contributed by atoms with Crippen molar-refractivity contribution in [1.82, 2.24) is 5.32 Å². The monoisotopic (exact) mass is 800 g/mol. The lowest BCUT2D eigenvalue weighted by Gasteiger charge is -2.20. The number of carbonyl (C=O) groups is 3. The van der Waals surface area contributed by atoms with Crippen molar-refractivity contribution >= 4 is 25.7 Å². The van der Waals surface area contributed by atoms with Crippen molar-refractivity contribution in [3.63, 3.8) is 0 Å². The number of hydrogen-bond acceptors (Lipinski definition) is 8. The van der Waals surface area contributed by atoms with E-state index in [9.17, 15) is 23.8 Å². The van der Waals surface area contributed by atoms with Crippen LogP contribution in [-0.2, 0) is 37.5 Å². The van der Waals surface area contributed by atoms with Crippen molar-refractivity contribution in [2.45, 2.75) is 213 Å². The summed E-state index contributed by atoms with van der Waals surface area (Å²) < 4.78 is 33.3. The van der Waals surface area contributed by atoms with Gasteiger partial charge in [-0.3, -0.25) is 23.4 Å². The SMILES string of the molecule is CCCCCCCCC=CCCCCCCCC(=O)OC[C@H](COP(=O)(O)OCCNC(=O)CC)OC(=O)CCCCCCCC=CCCCCCCCC. The number of hydrogen-bond donors (Lipinski definition) is 2. The smallest absolute Gasteiger partial charge is 0.462 e. The highest BCUT2D eigenvalue weighted by molar-refractivity contribution is 7.47. The predicted octanol–water partition coefficient (Wildman–Crippen LogP) is 12.2. The molecule has 10 nitrogen and oxygen atoms in total. The Balaban J connectivity index is 4.41. The summed E-state index contributed by atoms with van der Waals surface area (Å²) >= 11 is 0. The molecule has 322 valence electrons.